The van der Waals surface area contributed by atoms with Crippen LogP contribution >= 0.6 is 0 Å². The van der Waals surface area contributed by atoms with E-state index in [4.69, 9.17) is 5.26 Å². The predicted octanol–water partition coefficient (Wildman–Crippen LogP) is 1.17. The SMILES string of the molecule is CS(=O)CCNCc1cc(F)ccc1C#N. The average Bonchev–Trinajstić information content (AvgIpc) is 2.24. The van der Waals surface area contributed by atoms with Crippen molar-refractivity contribution in [2.45, 2.75) is 6.54 Å². The van der Waals surface area contributed by atoms with Crippen LogP contribution in [0.15, 0.2) is 18.2 Å². The Morgan fingerprint density at radius 3 is 2.94 bits per heavy atom. The van der Waals surface area contributed by atoms with E-state index in [0.717, 1.165) is 0 Å². The normalized spacial score (nSPS) is 12.1. The van der Waals surface area contributed by atoms with E-state index in [9.17, 15) is 8.60 Å². The van der Waals surface area contributed by atoms with Gasteiger partial charge in [0.15, 0.2) is 0 Å². The third kappa shape index (κ3) is 4.09. The molecule has 0 bridgehead atoms. The lowest BCUT2D eigenvalue weighted by Gasteiger charge is -2.05. The molecule has 1 N–H and O–H groups in total. The zero-order valence-corrected chi connectivity index (χ0v) is 9.81. The van der Waals surface area contributed by atoms with Crippen LogP contribution < -0.4 is 5.32 Å². The zero-order chi connectivity index (χ0) is 12.0. The van der Waals surface area contributed by atoms with Crippen LogP contribution in [-0.4, -0.2) is 22.8 Å². The van der Waals surface area contributed by atoms with E-state index in [1.165, 1.54) is 18.2 Å². The second-order valence-corrected chi connectivity index (χ2v) is 4.92. The second kappa shape index (κ2) is 6.36. The van der Waals surface area contributed by atoms with E-state index in [-0.39, 0.29) is 5.82 Å². The molecule has 0 aromatic heterocycles. The van der Waals surface area contributed by atoms with E-state index < -0.39 is 10.8 Å². The Morgan fingerprint density at radius 1 is 1.56 bits per heavy atom. The van der Waals surface area contributed by atoms with Gasteiger partial charge in [0.25, 0.3) is 0 Å². The first-order chi connectivity index (χ1) is 7.63. The quantitative estimate of drug-likeness (QED) is 0.786. The fraction of sp³-hybridized carbons (Fsp3) is 0.364. The fourth-order valence-corrected chi connectivity index (χ4v) is 1.69. The van der Waals surface area contributed by atoms with E-state index in [2.05, 4.69) is 5.32 Å². The molecule has 1 rings (SSSR count). The Morgan fingerprint density at radius 2 is 2.31 bits per heavy atom. The summed E-state index contributed by atoms with van der Waals surface area (Å²) in [5.74, 6) is 0.201. The van der Waals surface area contributed by atoms with Gasteiger partial charge in [-0.1, -0.05) is 0 Å². The molecule has 0 aliphatic heterocycles. The third-order valence-electron chi connectivity index (χ3n) is 2.07. The first-order valence-corrected chi connectivity index (χ1v) is 6.55. The van der Waals surface area contributed by atoms with Crippen molar-refractivity contribution in [2.24, 2.45) is 0 Å². The van der Waals surface area contributed by atoms with Gasteiger partial charge in [-0.05, 0) is 23.8 Å². The van der Waals surface area contributed by atoms with Crippen molar-refractivity contribution in [2.75, 3.05) is 18.6 Å². The molecule has 0 heterocycles. The summed E-state index contributed by atoms with van der Waals surface area (Å²) in [4.78, 5) is 0. The summed E-state index contributed by atoms with van der Waals surface area (Å²) in [5, 5.41) is 11.8. The molecule has 1 aromatic rings. The van der Waals surface area contributed by atoms with Gasteiger partial charge in [0.05, 0.1) is 11.6 Å². The molecule has 1 atom stereocenters. The molecular weight excluding hydrogens is 227 g/mol. The molecule has 5 heteroatoms. The van der Waals surface area contributed by atoms with Crippen molar-refractivity contribution in [3.63, 3.8) is 0 Å². The van der Waals surface area contributed by atoms with Gasteiger partial charge < -0.3 is 5.32 Å². The number of nitriles is 1. The lowest BCUT2D eigenvalue weighted by molar-refractivity contribution is 0.621. The van der Waals surface area contributed by atoms with Gasteiger partial charge in [-0.2, -0.15) is 5.26 Å². The van der Waals surface area contributed by atoms with Gasteiger partial charge >= 0.3 is 0 Å². The van der Waals surface area contributed by atoms with Crippen LogP contribution in [0.3, 0.4) is 0 Å². The Bertz CT molecular complexity index is 428. The largest absolute Gasteiger partial charge is 0.312 e. The van der Waals surface area contributed by atoms with E-state index in [1.807, 2.05) is 6.07 Å². The number of halogens is 1. The molecule has 3 nitrogen and oxygen atoms in total. The van der Waals surface area contributed by atoms with Gasteiger partial charge in [-0.3, -0.25) is 4.21 Å². The Kier molecular flexibility index (Phi) is 5.09. The summed E-state index contributed by atoms with van der Waals surface area (Å²) >= 11 is 0. The van der Waals surface area contributed by atoms with E-state index in [1.54, 1.807) is 6.26 Å². The Hall–Kier alpha value is -1.25. The maximum absolute atomic E-state index is 12.9. The summed E-state index contributed by atoms with van der Waals surface area (Å²) in [6, 6.07) is 6.08. The molecule has 16 heavy (non-hydrogen) atoms. The van der Waals surface area contributed by atoms with Crippen LogP contribution in [0.1, 0.15) is 11.1 Å². The van der Waals surface area contributed by atoms with Crippen molar-refractivity contribution in [1.82, 2.24) is 5.32 Å². The Balaban J connectivity index is 2.56. The number of benzene rings is 1. The number of hydrogen-bond acceptors (Lipinski definition) is 3. The highest BCUT2D eigenvalue weighted by Gasteiger charge is 2.03. The van der Waals surface area contributed by atoms with Crippen molar-refractivity contribution in [1.29, 1.82) is 5.26 Å². The number of nitrogens with one attached hydrogen (secondary N) is 1. The van der Waals surface area contributed by atoms with E-state index in [0.29, 0.717) is 30.0 Å². The molecule has 86 valence electrons. The minimum atomic E-state index is -0.837. The molecule has 0 spiro atoms. The highest BCUT2D eigenvalue weighted by Crippen LogP contribution is 2.09. The standard InChI is InChI=1S/C11H13FN2OS/c1-16(15)5-4-14-8-10-6-11(12)3-2-9(10)7-13/h2-3,6,14H,4-5,8H2,1H3. The fourth-order valence-electron chi connectivity index (χ4n) is 1.26. The van der Waals surface area contributed by atoms with Crippen LogP contribution in [0.25, 0.3) is 0 Å². The lowest BCUT2D eigenvalue weighted by Crippen LogP contribution is -2.20. The average molecular weight is 240 g/mol. The first-order valence-electron chi connectivity index (χ1n) is 4.82. The number of rotatable bonds is 5. The summed E-state index contributed by atoms with van der Waals surface area (Å²) in [7, 11) is -0.837. The molecule has 0 aliphatic carbocycles. The molecule has 0 saturated heterocycles. The lowest BCUT2D eigenvalue weighted by atomic mass is 10.1. The monoisotopic (exact) mass is 240 g/mol. The minimum absolute atomic E-state index is 0.352. The maximum Gasteiger partial charge on any atom is 0.123 e. The predicted molar refractivity (Wildman–Crippen MR) is 61.8 cm³/mol. The van der Waals surface area contributed by atoms with Gasteiger partial charge in [0.2, 0.25) is 0 Å². The van der Waals surface area contributed by atoms with Gasteiger partial charge in [0, 0.05) is 35.9 Å². The first kappa shape index (κ1) is 12.8. The highest BCUT2D eigenvalue weighted by molar-refractivity contribution is 7.84. The summed E-state index contributed by atoms with van der Waals surface area (Å²) < 4.78 is 23.7. The summed E-state index contributed by atoms with van der Waals surface area (Å²) in [6.45, 7) is 1.00. The molecule has 0 fully saturated rings. The van der Waals surface area contributed by atoms with Crippen LogP contribution in [-0.2, 0) is 17.3 Å². The highest BCUT2D eigenvalue weighted by atomic mass is 32.2. The topological polar surface area (TPSA) is 52.9 Å². The molecule has 0 aliphatic rings. The zero-order valence-electron chi connectivity index (χ0n) is 9.00. The molecular formula is C11H13FN2OS. The third-order valence-corrected chi connectivity index (χ3v) is 2.85. The van der Waals surface area contributed by atoms with Gasteiger partial charge in [0.1, 0.15) is 5.82 Å². The van der Waals surface area contributed by atoms with Crippen LogP contribution in [0, 0.1) is 17.1 Å². The number of nitrogens with zero attached hydrogens (tertiary/aromatic N) is 1. The van der Waals surface area contributed by atoms with E-state index >= 15 is 0 Å². The van der Waals surface area contributed by atoms with Crippen molar-refractivity contribution in [3.8, 4) is 6.07 Å². The van der Waals surface area contributed by atoms with Gasteiger partial charge in [-0.25, -0.2) is 4.39 Å². The molecule has 1 unspecified atom stereocenters. The summed E-state index contributed by atoms with van der Waals surface area (Å²) in [6.07, 6.45) is 1.63. The molecule has 0 radical (unpaired) electrons. The Labute approximate surface area is 96.7 Å². The molecule has 1 aromatic carbocycles. The van der Waals surface area contributed by atoms with Crippen LogP contribution in [0.4, 0.5) is 4.39 Å². The smallest absolute Gasteiger partial charge is 0.123 e. The van der Waals surface area contributed by atoms with Crippen LogP contribution in [0.5, 0.6) is 0 Å². The second-order valence-electron chi connectivity index (χ2n) is 3.37. The van der Waals surface area contributed by atoms with Crippen molar-refractivity contribution >= 4 is 10.8 Å². The molecule has 0 saturated carbocycles. The van der Waals surface area contributed by atoms with Gasteiger partial charge in [-0.15, -0.1) is 0 Å². The molecule has 0 amide bonds. The minimum Gasteiger partial charge on any atom is -0.312 e. The van der Waals surface area contributed by atoms with Crippen LogP contribution in [0.2, 0.25) is 0 Å². The summed E-state index contributed by atoms with van der Waals surface area (Å²) in [5.41, 5.74) is 1.09. The number of hydrogen-bond donors (Lipinski definition) is 1. The van der Waals surface area contributed by atoms with Crippen molar-refractivity contribution in [3.05, 3.63) is 35.1 Å². The van der Waals surface area contributed by atoms with Crippen molar-refractivity contribution < 1.29 is 8.60 Å². The maximum atomic E-state index is 12.9.